The number of rotatable bonds is 4. The highest BCUT2D eigenvalue weighted by Gasteiger charge is 2.07. The Bertz CT molecular complexity index is 710. The minimum absolute atomic E-state index is 0.0881. The molecule has 0 amide bonds. The number of thiocarbonyl (C=S) groups is 1. The van der Waals surface area contributed by atoms with Crippen LogP contribution in [-0.2, 0) is 6.54 Å². The SMILES string of the molecule is COc1cc(Cn2cnc(C)cc2=O)ccc1C(N)=S. The van der Waals surface area contributed by atoms with Gasteiger partial charge in [-0.3, -0.25) is 9.36 Å². The van der Waals surface area contributed by atoms with Crippen LogP contribution in [0.4, 0.5) is 0 Å². The van der Waals surface area contributed by atoms with Crippen molar-refractivity contribution in [3.8, 4) is 5.75 Å². The second-order valence-corrected chi connectivity index (χ2v) is 4.84. The molecule has 5 nitrogen and oxygen atoms in total. The Morgan fingerprint density at radius 2 is 2.20 bits per heavy atom. The van der Waals surface area contributed by atoms with Gasteiger partial charge < -0.3 is 10.5 Å². The predicted octanol–water partition coefficient (Wildman–Crippen LogP) is 1.24. The maximum absolute atomic E-state index is 11.8. The van der Waals surface area contributed by atoms with Crippen LogP contribution in [0.15, 0.2) is 35.4 Å². The molecule has 2 rings (SSSR count). The first-order valence-corrected chi connectivity index (χ1v) is 6.42. The lowest BCUT2D eigenvalue weighted by Gasteiger charge is -2.10. The van der Waals surface area contributed by atoms with E-state index in [-0.39, 0.29) is 10.5 Å². The van der Waals surface area contributed by atoms with Crippen molar-refractivity contribution in [1.82, 2.24) is 9.55 Å². The average molecular weight is 289 g/mol. The van der Waals surface area contributed by atoms with Gasteiger partial charge in [-0.1, -0.05) is 18.3 Å². The lowest BCUT2D eigenvalue weighted by Crippen LogP contribution is -2.20. The highest BCUT2D eigenvalue weighted by atomic mass is 32.1. The van der Waals surface area contributed by atoms with Gasteiger partial charge in [0, 0.05) is 11.8 Å². The summed E-state index contributed by atoms with van der Waals surface area (Å²) < 4.78 is 6.79. The predicted molar refractivity (Wildman–Crippen MR) is 81.2 cm³/mol. The molecule has 1 aromatic heterocycles. The molecular weight excluding hydrogens is 274 g/mol. The topological polar surface area (TPSA) is 70.1 Å². The standard InChI is InChI=1S/C14H15N3O2S/c1-9-5-13(18)17(8-16-9)7-10-3-4-11(14(15)20)12(6-10)19-2/h3-6,8H,7H2,1-2H3,(H2,15,20). The van der Waals surface area contributed by atoms with Crippen molar-refractivity contribution in [2.45, 2.75) is 13.5 Å². The normalized spacial score (nSPS) is 10.3. The summed E-state index contributed by atoms with van der Waals surface area (Å²) in [5.41, 5.74) is 7.83. The molecule has 0 spiro atoms. The summed E-state index contributed by atoms with van der Waals surface area (Å²) in [4.78, 5) is 16.2. The average Bonchev–Trinajstić information content (AvgIpc) is 2.41. The van der Waals surface area contributed by atoms with Crippen LogP contribution in [-0.4, -0.2) is 21.6 Å². The molecule has 20 heavy (non-hydrogen) atoms. The molecule has 0 aliphatic carbocycles. The lowest BCUT2D eigenvalue weighted by molar-refractivity contribution is 0.413. The number of nitrogens with two attached hydrogens (primary N) is 1. The van der Waals surface area contributed by atoms with Gasteiger partial charge in [-0.2, -0.15) is 0 Å². The highest BCUT2D eigenvalue weighted by molar-refractivity contribution is 7.80. The molecule has 0 bridgehead atoms. The van der Waals surface area contributed by atoms with Crippen LogP contribution in [0.1, 0.15) is 16.8 Å². The highest BCUT2D eigenvalue weighted by Crippen LogP contribution is 2.20. The Morgan fingerprint density at radius 3 is 2.80 bits per heavy atom. The largest absolute Gasteiger partial charge is 0.496 e. The first-order chi connectivity index (χ1) is 9.51. The number of ether oxygens (including phenoxy) is 1. The first kappa shape index (κ1) is 14.2. The number of aryl methyl sites for hydroxylation is 1. The van der Waals surface area contributed by atoms with Crippen molar-refractivity contribution >= 4 is 17.2 Å². The van der Waals surface area contributed by atoms with Crippen LogP contribution in [0.3, 0.4) is 0 Å². The maximum Gasteiger partial charge on any atom is 0.253 e. The van der Waals surface area contributed by atoms with Gasteiger partial charge in [0.1, 0.15) is 10.7 Å². The third-order valence-corrected chi connectivity index (χ3v) is 3.12. The van der Waals surface area contributed by atoms with Gasteiger partial charge in [-0.05, 0) is 24.6 Å². The number of hydrogen-bond acceptors (Lipinski definition) is 4. The van der Waals surface area contributed by atoms with Crippen LogP contribution >= 0.6 is 12.2 Å². The number of nitrogens with zero attached hydrogens (tertiary/aromatic N) is 2. The van der Waals surface area contributed by atoms with E-state index in [4.69, 9.17) is 22.7 Å². The van der Waals surface area contributed by atoms with E-state index in [0.717, 1.165) is 5.56 Å². The molecule has 6 heteroatoms. The molecule has 0 atom stereocenters. The van der Waals surface area contributed by atoms with Crippen LogP contribution in [0.25, 0.3) is 0 Å². The van der Waals surface area contributed by atoms with Crippen molar-refractivity contribution in [1.29, 1.82) is 0 Å². The zero-order valence-electron chi connectivity index (χ0n) is 11.3. The maximum atomic E-state index is 11.8. The number of aromatic nitrogens is 2. The smallest absolute Gasteiger partial charge is 0.253 e. The summed E-state index contributed by atoms with van der Waals surface area (Å²) in [6, 6.07) is 6.98. The second-order valence-electron chi connectivity index (χ2n) is 4.40. The molecule has 0 unspecified atom stereocenters. The molecule has 104 valence electrons. The number of benzene rings is 1. The van der Waals surface area contributed by atoms with Crippen LogP contribution < -0.4 is 16.0 Å². The molecule has 0 fully saturated rings. The van der Waals surface area contributed by atoms with E-state index in [2.05, 4.69) is 4.98 Å². The molecule has 2 aromatic rings. The van der Waals surface area contributed by atoms with E-state index < -0.39 is 0 Å². The Kier molecular flexibility index (Phi) is 4.14. The molecule has 0 saturated heterocycles. The van der Waals surface area contributed by atoms with Crippen LogP contribution in [0.2, 0.25) is 0 Å². The fraction of sp³-hybridized carbons (Fsp3) is 0.214. The van der Waals surface area contributed by atoms with Crippen molar-refractivity contribution in [3.05, 3.63) is 57.8 Å². The van der Waals surface area contributed by atoms with E-state index in [0.29, 0.717) is 23.6 Å². The summed E-state index contributed by atoms with van der Waals surface area (Å²) in [5, 5.41) is 0. The quantitative estimate of drug-likeness (QED) is 0.858. The summed E-state index contributed by atoms with van der Waals surface area (Å²) >= 11 is 4.96. The summed E-state index contributed by atoms with van der Waals surface area (Å²) in [5.74, 6) is 0.600. The summed E-state index contributed by atoms with van der Waals surface area (Å²) in [6.45, 7) is 2.20. The zero-order chi connectivity index (χ0) is 14.7. The third kappa shape index (κ3) is 3.03. The Labute approximate surface area is 122 Å². The molecule has 0 aliphatic rings. The van der Waals surface area contributed by atoms with Crippen molar-refractivity contribution < 1.29 is 4.74 Å². The minimum atomic E-state index is -0.0881. The zero-order valence-corrected chi connectivity index (χ0v) is 12.1. The molecular formula is C14H15N3O2S. The van der Waals surface area contributed by atoms with E-state index in [1.807, 2.05) is 12.1 Å². The van der Waals surface area contributed by atoms with Gasteiger partial charge >= 0.3 is 0 Å². The van der Waals surface area contributed by atoms with Gasteiger partial charge in [-0.15, -0.1) is 0 Å². The van der Waals surface area contributed by atoms with E-state index >= 15 is 0 Å². The van der Waals surface area contributed by atoms with Gasteiger partial charge in [0.25, 0.3) is 5.56 Å². The van der Waals surface area contributed by atoms with Gasteiger partial charge in [-0.25, -0.2) is 4.98 Å². The van der Waals surface area contributed by atoms with Gasteiger partial charge in [0.2, 0.25) is 0 Å². The van der Waals surface area contributed by atoms with Crippen molar-refractivity contribution in [3.63, 3.8) is 0 Å². The fourth-order valence-electron chi connectivity index (χ4n) is 1.87. The van der Waals surface area contributed by atoms with Gasteiger partial charge in [0.15, 0.2) is 0 Å². The second kappa shape index (κ2) is 5.83. The Hall–Kier alpha value is -2.21. The number of methoxy groups -OCH3 is 1. The molecule has 0 aliphatic heterocycles. The monoisotopic (exact) mass is 289 g/mol. The molecule has 1 aromatic carbocycles. The summed E-state index contributed by atoms with van der Waals surface area (Å²) in [6.07, 6.45) is 1.53. The van der Waals surface area contributed by atoms with E-state index in [9.17, 15) is 4.79 Å². The minimum Gasteiger partial charge on any atom is -0.496 e. The fourth-order valence-corrected chi connectivity index (χ4v) is 2.04. The summed E-state index contributed by atoms with van der Waals surface area (Å²) in [7, 11) is 1.56. The molecule has 0 radical (unpaired) electrons. The molecule has 2 N–H and O–H groups in total. The number of hydrogen-bond donors (Lipinski definition) is 1. The third-order valence-electron chi connectivity index (χ3n) is 2.90. The Morgan fingerprint density at radius 1 is 1.45 bits per heavy atom. The van der Waals surface area contributed by atoms with Gasteiger partial charge in [0.05, 0.1) is 25.5 Å². The molecule has 0 saturated carbocycles. The molecule has 1 heterocycles. The van der Waals surface area contributed by atoms with Crippen LogP contribution in [0.5, 0.6) is 5.75 Å². The lowest BCUT2D eigenvalue weighted by atomic mass is 10.1. The van der Waals surface area contributed by atoms with Crippen molar-refractivity contribution in [2.24, 2.45) is 5.73 Å². The van der Waals surface area contributed by atoms with Crippen molar-refractivity contribution in [2.75, 3.05) is 7.11 Å². The van der Waals surface area contributed by atoms with Crippen LogP contribution in [0, 0.1) is 6.92 Å². The first-order valence-electron chi connectivity index (χ1n) is 6.01. The Balaban J connectivity index is 2.34. The van der Waals surface area contributed by atoms with E-state index in [1.165, 1.54) is 17.0 Å². The van der Waals surface area contributed by atoms with E-state index in [1.54, 1.807) is 20.1 Å².